The second-order valence-electron chi connectivity index (χ2n) is 4.42. The number of nitrogens with one attached hydrogen (secondary N) is 1. The van der Waals surface area contributed by atoms with Gasteiger partial charge in [0.15, 0.2) is 0 Å². The van der Waals surface area contributed by atoms with Gasteiger partial charge in [-0.25, -0.2) is 0 Å². The summed E-state index contributed by atoms with van der Waals surface area (Å²) in [4.78, 5) is 0. The zero-order chi connectivity index (χ0) is 11.5. The van der Waals surface area contributed by atoms with Gasteiger partial charge in [0.05, 0.1) is 6.07 Å². The van der Waals surface area contributed by atoms with Crippen molar-refractivity contribution in [1.82, 2.24) is 0 Å². The van der Waals surface area contributed by atoms with Gasteiger partial charge < -0.3 is 5.32 Å². The van der Waals surface area contributed by atoms with E-state index in [1.807, 2.05) is 0 Å². The van der Waals surface area contributed by atoms with Crippen molar-refractivity contribution in [2.75, 3.05) is 5.32 Å². The smallest absolute Gasteiger partial charge is 0.0965 e. The van der Waals surface area contributed by atoms with Gasteiger partial charge in [0.25, 0.3) is 0 Å². The lowest BCUT2D eigenvalue weighted by Gasteiger charge is -2.09. The topological polar surface area (TPSA) is 35.8 Å². The fraction of sp³-hybridized carbons (Fsp3) is 0.357. The average molecular weight is 212 g/mol. The minimum Gasteiger partial charge on any atom is -0.358 e. The Morgan fingerprint density at radius 3 is 2.44 bits per heavy atom. The van der Waals surface area contributed by atoms with Crippen molar-refractivity contribution in [3.8, 4) is 6.07 Å². The van der Waals surface area contributed by atoms with Crippen LogP contribution in [0.3, 0.4) is 0 Å². The predicted molar refractivity (Wildman–Crippen MR) is 66.0 cm³/mol. The van der Waals surface area contributed by atoms with Gasteiger partial charge in [0.2, 0.25) is 0 Å². The van der Waals surface area contributed by atoms with Crippen LogP contribution in [0.15, 0.2) is 29.5 Å². The molecule has 0 heterocycles. The summed E-state index contributed by atoms with van der Waals surface area (Å²) in [6.45, 7) is 4.18. The largest absolute Gasteiger partial charge is 0.358 e. The van der Waals surface area contributed by atoms with Crippen molar-refractivity contribution in [3.05, 3.63) is 40.6 Å². The molecule has 0 saturated carbocycles. The number of rotatable bonds is 2. The molecule has 82 valence electrons. The fourth-order valence-electron chi connectivity index (χ4n) is 2.23. The van der Waals surface area contributed by atoms with Gasteiger partial charge in [-0.05, 0) is 56.4 Å². The number of aryl methyl sites for hydroxylation is 2. The Kier molecular flexibility index (Phi) is 2.96. The number of nitriles is 1. The van der Waals surface area contributed by atoms with Crippen LogP contribution in [0.25, 0.3) is 0 Å². The molecular formula is C14H16N2. The lowest BCUT2D eigenvalue weighted by Crippen LogP contribution is -1.99. The Balaban J connectivity index is 2.24. The zero-order valence-electron chi connectivity index (χ0n) is 9.80. The summed E-state index contributed by atoms with van der Waals surface area (Å²) in [5.41, 5.74) is 5.62. The van der Waals surface area contributed by atoms with E-state index in [1.54, 1.807) is 0 Å². The molecule has 1 aromatic carbocycles. The van der Waals surface area contributed by atoms with Crippen molar-refractivity contribution in [1.29, 1.82) is 5.26 Å². The molecule has 0 amide bonds. The SMILES string of the molecule is Cc1cc(C)cc(NC2=C(C#N)CCC2)c1. The zero-order valence-corrected chi connectivity index (χ0v) is 9.80. The number of anilines is 1. The van der Waals surface area contributed by atoms with Crippen LogP contribution in [0, 0.1) is 25.2 Å². The quantitative estimate of drug-likeness (QED) is 0.811. The molecule has 0 aliphatic heterocycles. The maximum atomic E-state index is 8.98. The van der Waals surface area contributed by atoms with Crippen LogP contribution in [0.4, 0.5) is 5.69 Å². The molecule has 1 aliphatic carbocycles. The van der Waals surface area contributed by atoms with Gasteiger partial charge in [-0.3, -0.25) is 0 Å². The second kappa shape index (κ2) is 4.40. The van der Waals surface area contributed by atoms with E-state index in [9.17, 15) is 0 Å². The van der Waals surface area contributed by atoms with Gasteiger partial charge in [0, 0.05) is 17.0 Å². The first-order valence-corrected chi connectivity index (χ1v) is 5.66. The predicted octanol–water partition coefficient (Wildman–Crippen LogP) is 3.68. The highest BCUT2D eigenvalue weighted by Gasteiger charge is 2.14. The fourth-order valence-corrected chi connectivity index (χ4v) is 2.23. The van der Waals surface area contributed by atoms with E-state index < -0.39 is 0 Å². The molecule has 2 rings (SSSR count). The minimum atomic E-state index is 0.916. The molecule has 0 fully saturated rings. The van der Waals surface area contributed by atoms with E-state index in [0.29, 0.717) is 0 Å². The van der Waals surface area contributed by atoms with Crippen molar-refractivity contribution in [2.24, 2.45) is 0 Å². The third-order valence-electron chi connectivity index (χ3n) is 2.87. The maximum Gasteiger partial charge on any atom is 0.0965 e. The monoisotopic (exact) mass is 212 g/mol. The van der Waals surface area contributed by atoms with Crippen LogP contribution >= 0.6 is 0 Å². The molecule has 16 heavy (non-hydrogen) atoms. The summed E-state index contributed by atoms with van der Waals surface area (Å²) < 4.78 is 0. The van der Waals surface area contributed by atoms with Crippen LogP contribution in [0.1, 0.15) is 30.4 Å². The Morgan fingerprint density at radius 1 is 1.12 bits per heavy atom. The standard InChI is InChI=1S/C14H16N2/c1-10-6-11(2)8-13(7-10)16-14-5-3-4-12(14)9-15/h6-8,16H,3-5H2,1-2H3. The first-order valence-electron chi connectivity index (χ1n) is 5.66. The molecule has 0 radical (unpaired) electrons. The van der Waals surface area contributed by atoms with E-state index in [1.165, 1.54) is 11.1 Å². The van der Waals surface area contributed by atoms with Gasteiger partial charge in [-0.1, -0.05) is 6.07 Å². The number of hydrogen-bond acceptors (Lipinski definition) is 2. The lowest BCUT2D eigenvalue weighted by molar-refractivity contribution is 0.901. The first-order chi connectivity index (χ1) is 7.69. The van der Waals surface area contributed by atoms with Crippen molar-refractivity contribution in [3.63, 3.8) is 0 Å². The van der Waals surface area contributed by atoms with Crippen LogP contribution in [-0.4, -0.2) is 0 Å². The van der Waals surface area contributed by atoms with Crippen LogP contribution in [0.2, 0.25) is 0 Å². The number of hydrogen-bond donors (Lipinski definition) is 1. The molecule has 1 N–H and O–H groups in total. The van der Waals surface area contributed by atoms with E-state index in [2.05, 4.69) is 43.4 Å². The van der Waals surface area contributed by atoms with Crippen LogP contribution in [-0.2, 0) is 0 Å². The number of benzene rings is 1. The Morgan fingerprint density at radius 2 is 1.81 bits per heavy atom. The third-order valence-corrected chi connectivity index (χ3v) is 2.87. The van der Waals surface area contributed by atoms with Gasteiger partial charge >= 0.3 is 0 Å². The maximum absolute atomic E-state index is 8.98. The van der Waals surface area contributed by atoms with Crippen LogP contribution in [0.5, 0.6) is 0 Å². The Bertz CT molecular complexity index is 458. The van der Waals surface area contributed by atoms with E-state index in [0.717, 1.165) is 36.2 Å². The van der Waals surface area contributed by atoms with E-state index in [-0.39, 0.29) is 0 Å². The van der Waals surface area contributed by atoms with Gasteiger partial charge in [-0.15, -0.1) is 0 Å². The molecule has 2 nitrogen and oxygen atoms in total. The Labute approximate surface area is 96.6 Å². The van der Waals surface area contributed by atoms with Gasteiger partial charge in [-0.2, -0.15) is 5.26 Å². The summed E-state index contributed by atoms with van der Waals surface area (Å²) in [5.74, 6) is 0. The molecule has 0 atom stereocenters. The van der Waals surface area contributed by atoms with Crippen molar-refractivity contribution >= 4 is 5.69 Å². The second-order valence-corrected chi connectivity index (χ2v) is 4.42. The lowest BCUT2D eigenvalue weighted by atomic mass is 10.1. The minimum absolute atomic E-state index is 0.916. The summed E-state index contributed by atoms with van der Waals surface area (Å²) in [5, 5.41) is 12.4. The highest BCUT2D eigenvalue weighted by molar-refractivity contribution is 5.54. The molecule has 0 unspecified atom stereocenters. The average Bonchev–Trinajstić information content (AvgIpc) is 2.63. The Hall–Kier alpha value is -1.75. The number of allylic oxidation sites excluding steroid dienone is 2. The van der Waals surface area contributed by atoms with Crippen molar-refractivity contribution in [2.45, 2.75) is 33.1 Å². The molecular weight excluding hydrogens is 196 g/mol. The molecule has 0 saturated heterocycles. The summed E-state index contributed by atoms with van der Waals surface area (Å²) >= 11 is 0. The van der Waals surface area contributed by atoms with Gasteiger partial charge in [0.1, 0.15) is 0 Å². The first kappa shape index (κ1) is 10.8. The molecule has 0 bridgehead atoms. The molecule has 2 heteroatoms. The third kappa shape index (κ3) is 2.25. The van der Waals surface area contributed by atoms with E-state index >= 15 is 0 Å². The molecule has 1 aliphatic rings. The van der Waals surface area contributed by atoms with Crippen molar-refractivity contribution < 1.29 is 0 Å². The normalized spacial score (nSPS) is 15.1. The number of nitrogens with zero attached hydrogens (tertiary/aromatic N) is 1. The molecule has 0 aromatic heterocycles. The summed E-state index contributed by atoms with van der Waals surface area (Å²) in [6, 6.07) is 8.67. The molecule has 0 spiro atoms. The summed E-state index contributed by atoms with van der Waals surface area (Å²) in [7, 11) is 0. The molecule has 1 aromatic rings. The van der Waals surface area contributed by atoms with Crippen LogP contribution < -0.4 is 5.32 Å². The highest BCUT2D eigenvalue weighted by Crippen LogP contribution is 2.27. The van der Waals surface area contributed by atoms with E-state index in [4.69, 9.17) is 5.26 Å². The highest BCUT2D eigenvalue weighted by atomic mass is 14.9. The summed E-state index contributed by atoms with van der Waals surface area (Å²) in [6.07, 6.45) is 3.01.